The van der Waals surface area contributed by atoms with E-state index in [2.05, 4.69) is 6.58 Å². The van der Waals surface area contributed by atoms with E-state index in [4.69, 9.17) is 0 Å². The maximum absolute atomic E-state index is 11.6. The van der Waals surface area contributed by atoms with Gasteiger partial charge in [0.15, 0.2) is 5.78 Å². The number of hydrogen-bond donors (Lipinski definition) is 2. The van der Waals surface area contributed by atoms with Crippen molar-refractivity contribution in [2.75, 3.05) is 0 Å². The molecule has 102 valence electrons. The molecule has 0 spiro atoms. The Morgan fingerprint density at radius 1 is 1.39 bits per heavy atom. The molecule has 0 aromatic heterocycles. The summed E-state index contributed by atoms with van der Waals surface area (Å²) < 4.78 is 0. The summed E-state index contributed by atoms with van der Waals surface area (Å²) in [6.45, 7) is 10.6. The number of hydrogen-bond acceptors (Lipinski definition) is 3. The zero-order chi connectivity index (χ0) is 14.3. The molecule has 2 atom stereocenters. The van der Waals surface area contributed by atoms with E-state index < -0.39 is 11.7 Å². The molecule has 0 aliphatic rings. The highest BCUT2D eigenvalue weighted by molar-refractivity contribution is 5.95. The molecule has 3 heteroatoms. The van der Waals surface area contributed by atoms with Gasteiger partial charge in [0.1, 0.15) is 6.10 Å². The quantitative estimate of drug-likeness (QED) is 0.541. The summed E-state index contributed by atoms with van der Waals surface area (Å²) in [5.41, 5.74) is 0.560. The molecular weight excluding hydrogens is 228 g/mol. The van der Waals surface area contributed by atoms with Crippen molar-refractivity contribution >= 4 is 5.78 Å². The van der Waals surface area contributed by atoms with Crippen LogP contribution in [-0.2, 0) is 4.79 Å². The predicted octanol–water partition coefficient (Wildman–Crippen LogP) is 2.55. The van der Waals surface area contributed by atoms with Crippen LogP contribution < -0.4 is 0 Å². The van der Waals surface area contributed by atoms with Gasteiger partial charge < -0.3 is 10.2 Å². The molecule has 0 saturated carbocycles. The summed E-state index contributed by atoms with van der Waals surface area (Å²) >= 11 is 0. The Morgan fingerprint density at radius 3 is 2.39 bits per heavy atom. The van der Waals surface area contributed by atoms with Crippen LogP contribution in [0.15, 0.2) is 36.0 Å². The average Bonchev–Trinajstić information content (AvgIpc) is 2.26. The maximum atomic E-state index is 11.6. The lowest BCUT2D eigenvalue weighted by molar-refractivity contribution is -0.120. The molecule has 0 heterocycles. The van der Waals surface area contributed by atoms with Crippen molar-refractivity contribution in [3.8, 4) is 0 Å². The van der Waals surface area contributed by atoms with E-state index in [0.717, 1.165) is 5.57 Å². The van der Waals surface area contributed by atoms with E-state index >= 15 is 0 Å². The second-order valence-corrected chi connectivity index (χ2v) is 5.07. The van der Waals surface area contributed by atoms with Gasteiger partial charge in [-0.1, -0.05) is 17.7 Å². The summed E-state index contributed by atoms with van der Waals surface area (Å²) in [7, 11) is 0. The summed E-state index contributed by atoms with van der Waals surface area (Å²) in [6.07, 6.45) is 4.71. The Kier molecular flexibility index (Phi) is 6.81. The van der Waals surface area contributed by atoms with E-state index in [9.17, 15) is 15.0 Å². The molecule has 0 rings (SSSR count). The summed E-state index contributed by atoms with van der Waals surface area (Å²) in [4.78, 5) is 11.6. The minimum absolute atomic E-state index is 0.306. The van der Waals surface area contributed by atoms with Crippen molar-refractivity contribution in [3.63, 3.8) is 0 Å². The number of rotatable bonds is 7. The first-order valence-electron chi connectivity index (χ1n) is 6.09. The Morgan fingerprint density at radius 2 is 1.94 bits per heavy atom. The SMILES string of the molecule is C=CC(C)(O)CCC=C(C)C(O)C(=O)C=C(C)C. The van der Waals surface area contributed by atoms with Gasteiger partial charge in [-0.3, -0.25) is 4.79 Å². The number of carbonyl (C=O) groups excluding carboxylic acids is 1. The maximum Gasteiger partial charge on any atom is 0.188 e. The van der Waals surface area contributed by atoms with Gasteiger partial charge in [0.25, 0.3) is 0 Å². The first-order chi connectivity index (χ1) is 8.19. The number of aliphatic hydroxyl groups excluding tert-OH is 1. The first kappa shape index (κ1) is 16.8. The Hall–Kier alpha value is -1.19. The van der Waals surface area contributed by atoms with Gasteiger partial charge in [-0.15, -0.1) is 6.58 Å². The molecule has 0 aliphatic heterocycles. The minimum atomic E-state index is -1.09. The smallest absolute Gasteiger partial charge is 0.188 e. The van der Waals surface area contributed by atoms with Crippen molar-refractivity contribution in [3.05, 3.63) is 36.0 Å². The second kappa shape index (κ2) is 7.29. The molecule has 0 aromatic carbocycles. The highest BCUT2D eigenvalue weighted by Gasteiger charge is 2.16. The zero-order valence-corrected chi connectivity index (χ0v) is 11.7. The third kappa shape index (κ3) is 6.52. The lowest BCUT2D eigenvalue weighted by atomic mass is 9.98. The third-order valence-electron chi connectivity index (χ3n) is 2.69. The monoisotopic (exact) mass is 252 g/mol. The normalized spacial score (nSPS) is 16.7. The lowest BCUT2D eigenvalue weighted by Gasteiger charge is -2.17. The van der Waals surface area contributed by atoms with Gasteiger partial charge in [-0.25, -0.2) is 0 Å². The van der Waals surface area contributed by atoms with Crippen molar-refractivity contribution in [1.29, 1.82) is 0 Å². The highest BCUT2D eigenvalue weighted by atomic mass is 16.3. The van der Waals surface area contributed by atoms with Crippen molar-refractivity contribution < 1.29 is 15.0 Å². The molecule has 0 saturated heterocycles. The van der Waals surface area contributed by atoms with Gasteiger partial charge in [0, 0.05) is 0 Å². The molecule has 2 unspecified atom stereocenters. The van der Waals surface area contributed by atoms with Crippen LogP contribution in [0, 0.1) is 0 Å². The largest absolute Gasteiger partial charge is 0.386 e. The van der Waals surface area contributed by atoms with E-state index in [1.807, 2.05) is 13.8 Å². The average molecular weight is 252 g/mol. The number of aliphatic hydroxyl groups is 2. The fourth-order valence-electron chi connectivity index (χ4n) is 1.39. The third-order valence-corrected chi connectivity index (χ3v) is 2.69. The standard InChI is InChI=1S/C15H24O3/c1-6-15(5,18)9-7-8-12(4)14(17)13(16)10-11(2)3/h6,8,10,14,17-18H,1,7,9H2,2-5H3. The fourth-order valence-corrected chi connectivity index (χ4v) is 1.39. The van der Waals surface area contributed by atoms with Gasteiger partial charge in [-0.05, 0) is 52.2 Å². The molecule has 2 N–H and O–H groups in total. The van der Waals surface area contributed by atoms with Gasteiger partial charge >= 0.3 is 0 Å². The number of ketones is 1. The second-order valence-electron chi connectivity index (χ2n) is 5.07. The van der Waals surface area contributed by atoms with Crippen molar-refractivity contribution in [2.45, 2.75) is 52.2 Å². The number of carbonyl (C=O) groups is 1. The van der Waals surface area contributed by atoms with Crippen LogP contribution in [0.4, 0.5) is 0 Å². The number of allylic oxidation sites excluding steroid dienone is 2. The Bertz CT molecular complexity index is 358. The summed E-state index contributed by atoms with van der Waals surface area (Å²) in [5.74, 6) is -0.306. The van der Waals surface area contributed by atoms with Crippen LogP contribution >= 0.6 is 0 Å². The van der Waals surface area contributed by atoms with Crippen LogP contribution in [0.3, 0.4) is 0 Å². The van der Waals surface area contributed by atoms with E-state index in [0.29, 0.717) is 18.4 Å². The van der Waals surface area contributed by atoms with Gasteiger partial charge in [-0.2, -0.15) is 0 Å². The van der Waals surface area contributed by atoms with Crippen LogP contribution in [0.1, 0.15) is 40.5 Å². The van der Waals surface area contributed by atoms with Crippen LogP contribution in [-0.4, -0.2) is 27.7 Å². The molecule has 0 aromatic rings. The molecule has 3 nitrogen and oxygen atoms in total. The topological polar surface area (TPSA) is 57.5 Å². The minimum Gasteiger partial charge on any atom is -0.386 e. The Balaban J connectivity index is 4.47. The van der Waals surface area contributed by atoms with E-state index in [1.54, 1.807) is 19.9 Å². The lowest BCUT2D eigenvalue weighted by Crippen LogP contribution is -2.21. The molecule has 0 aliphatic carbocycles. The van der Waals surface area contributed by atoms with Crippen LogP contribution in [0.5, 0.6) is 0 Å². The van der Waals surface area contributed by atoms with E-state index in [-0.39, 0.29) is 5.78 Å². The van der Waals surface area contributed by atoms with Gasteiger partial charge in [0.05, 0.1) is 5.60 Å². The van der Waals surface area contributed by atoms with Crippen molar-refractivity contribution in [1.82, 2.24) is 0 Å². The first-order valence-corrected chi connectivity index (χ1v) is 6.09. The van der Waals surface area contributed by atoms with Crippen LogP contribution in [0.2, 0.25) is 0 Å². The molecule has 0 amide bonds. The predicted molar refractivity (Wildman–Crippen MR) is 74.3 cm³/mol. The molecular formula is C15H24O3. The molecule has 0 fully saturated rings. The van der Waals surface area contributed by atoms with Gasteiger partial charge in [0.2, 0.25) is 0 Å². The fraction of sp³-hybridized carbons (Fsp3) is 0.533. The van der Waals surface area contributed by atoms with Crippen LogP contribution in [0.25, 0.3) is 0 Å². The highest BCUT2D eigenvalue weighted by Crippen LogP contribution is 2.15. The summed E-state index contributed by atoms with van der Waals surface area (Å²) in [6, 6.07) is 0. The molecule has 0 bridgehead atoms. The van der Waals surface area contributed by atoms with E-state index in [1.165, 1.54) is 12.2 Å². The zero-order valence-electron chi connectivity index (χ0n) is 11.7. The summed E-state index contributed by atoms with van der Waals surface area (Å²) in [5, 5.41) is 19.5. The van der Waals surface area contributed by atoms with Crippen molar-refractivity contribution in [2.24, 2.45) is 0 Å². The molecule has 0 radical (unpaired) electrons. The molecule has 18 heavy (non-hydrogen) atoms. The Labute approximate surface area is 110 Å².